The fourth-order valence-electron chi connectivity index (χ4n) is 4.84. The number of nitrogens with zero attached hydrogens (tertiary/aromatic N) is 3. The minimum Gasteiger partial charge on any atom is -0.457 e. The molecule has 1 fully saturated rings. The summed E-state index contributed by atoms with van der Waals surface area (Å²) in [5.41, 5.74) is 6.12. The molecule has 5 aromatic rings. The van der Waals surface area contributed by atoms with E-state index in [1.54, 1.807) is 42.5 Å². The number of fused-ring (bicyclic) bond motifs is 1. The second-order valence-electron chi connectivity index (χ2n) is 10.2. The molecule has 2 amide bonds. The molecular weight excluding hydrogens is 564 g/mol. The van der Waals surface area contributed by atoms with Crippen LogP contribution in [0.4, 0.5) is 4.79 Å². The van der Waals surface area contributed by atoms with Crippen LogP contribution in [0.1, 0.15) is 27.8 Å². The van der Waals surface area contributed by atoms with E-state index in [0.717, 1.165) is 38.9 Å². The molecule has 214 valence electrons. The molecular formula is C33H26N4O5S. The maximum Gasteiger partial charge on any atom is 0.366 e. The molecule has 1 unspecified atom stereocenters. The van der Waals surface area contributed by atoms with E-state index >= 15 is 0 Å². The van der Waals surface area contributed by atoms with Crippen LogP contribution in [0.2, 0.25) is 0 Å². The van der Waals surface area contributed by atoms with Gasteiger partial charge >= 0.3 is 5.97 Å². The zero-order chi connectivity index (χ0) is 29.9. The van der Waals surface area contributed by atoms with Gasteiger partial charge in [0.05, 0.1) is 10.8 Å². The molecule has 9 nitrogen and oxygen atoms in total. The van der Waals surface area contributed by atoms with Crippen molar-refractivity contribution in [1.82, 2.24) is 20.5 Å². The molecule has 2 heterocycles. The van der Waals surface area contributed by atoms with E-state index in [1.165, 1.54) is 0 Å². The summed E-state index contributed by atoms with van der Waals surface area (Å²) in [6.07, 6.45) is 2.25. The Hall–Kier alpha value is -5.22. The summed E-state index contributed by atoms with van der Waals surface area (Å²) < 4.78 is 6.02. The summed E-state index contributed by atoms with van der Waals surface area (Å²) in [6, 6.07) is 27.8. The van der Waals surface area contributed by atoms with Crippen molar-refractivity contribution in [1.29, 1.82) is 0 Å². The van der Waals surface area contributed by atoms with Gasteiger partial charge < -0.3 is 9.57 Å². The van der Waals surface area contributed by atoms with Crippen LogP contribution in [0.3, 0.4) is 0 Å². The molecule has 1 N–H and O–H groups in total. The molecule has 0 saturated carbocycles. The first-order chi connectivity index (χ1) is 20.8. The van der Waals surface area contributed by atoms with E-state index in [-0.39, 0.29) is 11.1 Å². The number of imide groups is 1. The smallest absolute Gasteiger partial charge is 0.366 e. The highest BCUT2D eigenvalue weighted by molar-refractivity contribution is 8.15. The fraction of sp³-hybridized carbons (Fsp3) is 0.121. The zero-order valence-electron chi connectivity index (χ0n) is 23.3. The molecule has 4 aromatic carbocycles. The van der Waals surface area contributed by atoms with Gasteiger partial charge in [0.1, 0.15) is 22.5 Å². The highest BCUT2D eigenvalue weighted by Gasteiger charge is 2.31. The van der Waals surface area contributed by atoms with Crippen LogP contribution in [0, 0.1) is 13.8 Å². The maximum atomic E-state index is 13.5. The van der Waals surface area contributed by atoms with E-state index in [1.807, 2.05) is 62.4 Å². The van der Waals surface area contributed by atoms with Crippen LogP contribution in [0.5, 0.6) is 11.5 Å². The van der Waals surface area contributed by atoms with Crippen molar-refractivity contribution in [3.8, 4) is 11.5 Å². The molecule has 1 aliphatic heterocycles. The first kappa shape index (κ1) is 27.9. The lowest BCUT2D eigenvalue weighted by molar-refractivity contribution is -0.138. The van der Waals surface area contributed by atoms with E-state index in [0.29, 0.717) is 40.1 Å². The predicted molar refractivity (Wildman–Crippen MR) is 164 cm³/mol. The summed E-state index contributed by atoms with van der Waals surface area (Å²) in [7, 11) is 0. The molecule has 0 radical (unpaired) electrons. The quantitative estimate of drug-likeness (QED) is 0.134. The van der Waals surface area contributed by atoms with Crippen LogP contribution >= 0.6 is 11.8 Å². The van der Waals surface area contributed by atoms with Gasteiger partial charge in [-0.2, -0.15) is 0 Å². The Bertz CT molecular complexity index is 1860. The second-order valence-corrected chi connectivity index (χ2v) is 11.3. The van der Waals surface area contributed by atoms with Crippen LogP contribution in [-0.4, -0.2) is 37.5 Å². The second kappa shape index (κ2) is 11.9. The summed E-state index contributed by atoms with van der Waals surface area (Å²) in [4.78, 5) is 43.6. The lowest BCUT2D eigenvalue weighted by Crippen LogP contribution is -2.25. The Labute approximate surface area is 251 Å². The summed E-state index contributed by atoms with van der Waals surface area (Å²) in [5.74, 6) is 0.337. The molecule has 1 aliphatic rings. The number of para-hydroxylation sites is 1. The highest BCUT2D eigenvalue weighted by Crippen LogP contribution is 2.28. The summed E-state index contributed by atoms with van der Waals surface area (Å²) in [5, 5.41) is 9.63. The number of thioether (sulfide) groups is 1. The SMILES string of the molecule is Cc1cc(C)cc(C=C(C(=O)On2nnc3ccccc32)c2ccc(Oc3ccc(CC4SC(=O)NC4=O)cc3)cc2)c1. The number of hydrogen-bond acceptors (Lipinski definition) is 8. The van der Waals surface area contributed by atoms with Crippen molar-refractivity contribution < 1.29 is 24.0 Å². The predicted octanol–water partition coefficient (Wildman–Crippen LogP) is 5.93. The largest absolute Gasteiger partial charge is 0.457 e. The van der Waals surface area contributed by atoms with Crippen molar-refractivity contribution >= 4 is 51.6 Å². The molecule has 0 aliphatic carbocycles. The summed E-state index contributed by atoms with van der Waals surface area (Å²) in [6.45, 7) is 4.02. The topological polar surface area (TPSA) is 112 Å². The number of amides is 2. The first-order valence-corrected chi connectivity index (χ1v) is 14.4. The van der Waals surface area contributed by atoms with Crippen LogP contribution in [0.15, 0.2) is 91.0 Å². The summed E-state index contributed by atoms with van der Waals surface area (Å²) >= 11 is 1.01. The Morgan fingerprint density at radius 2 is 1.60 bits per heavy atom. The van der Waals surface area contributed by atoms with E-state index in [2.05, 4.69) is 21.7 Å². The monoisotopic (exact) mass is 590 g/mol. The Morgan fingerprint density at radius 1 is 0.930 bits per heavy atom. The number of carbonyl (C=O) groups excluding carboxylic acids is 3. The van der Waals surface area contributed by atoms with Crippen molar-refractivity contribution in [2.45, 2.75) is 25.5 Å². The molecule has 0 bridgehead atoms. The van der Waals surface area contributed by atoms with E-state index in [9.17, 15) is 14.4 Å². The van der Waals surface area contributed by atoms with Gasteiger partial charge in [-0.05, 0) is 84.6 Å². The molecule has 1 saturated heterocycles. The van der Waals surface area contributed by atoms with Crippen molar-refractivity contribution in [2.24, 2.45) is 0 Å². The van der Waals surface area contributed by atoms with Gasteiger partial charge in [0.25, 0.3) is 5.24 Å². The third-order valence-electron chi connectivity index (χ3n) is 6.78. The molecule has 1 aromatic heterocycles. The Morgan fingerprint density at radius 3 is 2.28 bits per heavy atom. The lowest BCUT2D eigenvalue weighted by Gasteiger charge is -2.11. The Kier molecular flexibility index (Phi) is 7.76. The van der Waals surface area contributed by atoms with Crippen LogP contribution < -0.4 is 14.9 Å². The van der Waals surface area contributed by atoms with Crippen molar-refractivity contribution in [3.05, 3.63) is 119 Å². The minimum absolute atomic E-state index is 0.264. The number of nitrogens with one attached hydrogen (secondary N) is 1. The third-order valence-corrected chi connectivity index (χ3v) is 7.76. The van der Waals surface area contributed by atoms with Crippen molar-refractivity contribution in [3.63, 3.8) is 0 Å². The third kappa shape index (κ3) is 6.49. The molecule has 10 heteroatoms. The normalized spacial score (nSPS) is 15.0. The fourth-order valence-corrected chi connectivity index (χ4v) is 5.70. The lowest BCUT2D eigenvalue weighted by atomic mass is 10.0. The number of hydrogen-bond donors (Lipinski definition) is 1. The highest BCUT2D eigenvalue weighted by atomic mass is 32.2. The van der Waals surface area contributed by atoms with Gasteiger partial charge in [-0.1, -0.05) is 82.3 Å². The first-order valence-electron chi connectivity index (χ1n) is 13.5. The average Bonchev–Trinajstić information content (AvgIpc) is 3.54. The maximum absolute atomic E-state index is 13.5. The number of aromatic nitrogens is 3. The van der Waals surface area contributed by atoms with E-state index < -0.39 is 11.2 Å². The number of rotatable bonds is 8. The number of ether oxygens (including phenoxy) is 1. The number of benzene rings is 4. The van der Waals surface area contributed by atoms with E-state index in [4.69, 9.17) is 9.57 Å². The van der Waals surface area contributed by atoms with Crippen molar-refractivity contribution in [2.75, 3.05) is 0 Å². The standard InChI is InChI=1S/C33H26N4O5S/c1-20-15-21(2)17-23(16-20)18-27(32(39)42-37-29-6-4-3-5-28(29)35-36-37)24-9-13-26(14-10-24)41-25-11-7-22(8-12-25)19-30-31(38)34-33(40)43-30/h3-18,30H,19H2,1-2H3,(H,34,38,40). The molecule has 6 rings (SSSR count). The molecule has 1 atom stereocenters. The minimum atomic E-state index is -0.588. The van der Waals surface area contributed by atoms with Gasteiger partial charge in [-0.25, -0.2) is 4.79 Å². The van der Waals surface area contributed by atoms with Gasteiger partial charge in [0.15, 0.2) is 0 Å². The van der Waals surface area contributed by atoms with Gasteiger partial charge in [0.2, 0.25) is 5.91 Å². The van der Waals surface area contributed by atoms with Crippen LogP contribution in [-0.2, 0) is 16.0 Å². The van der Waals surface area contributed by atoms with Gasteiger partial charge in [-0.3, -0.25) is 14.9 Å². The number of aryl methyl sites for hydroxylation is 2. The molecule has 43 heavy (non-hydrogen) atoms. The van der Waals surface area contributed by atoms with Gasteiger partial charge in [-0.15, -0.1) is 5.10 Å². The number of carbonyl (C=O) groups is 3. The van der Waals surface area contributed by atoms with Gasteiger partial charge in [0, 0.05) is 0 Å². The zero-order valence-corrected chi connectivity index (χ0v) is 24.1. The van der Waals surface area contributed by atoms with Crippen LogP contribution in [0.25, 0.3) is 22.7 Å². The Balaban J connectivity index is 1.22. The molecule has 0 spiro atoms. The average molecular weight is 591 g/mol.